The Morgan fingerprint density at radius 3 is 2.75 bits per heavy atom. The first-order valence-electron chi connectivity index (χ1n) is 5.41. The van der Waals surface area contributed by atoms with Gasteiger partial charge in [0.25, 0.3) is 0 Å². The number of ether oxygens (including phenoxy) is 1. The molecule has 1 aliphatic rings. The van der Waals surface area contributed by atoms with E-state index in [2.05, 4.69) is 0 Å². The van der Waals surface area contributed by atoms with Gasteiger partial charge in [0.2, 0.25) is 0 Å². The SMILES string of the molecule is N=C(N)c1ccc(COC2CCC2)c(Cl)c1. The van der Waals surface area contributed by atoms with Crippen LogP contribution >= 0.6 is 11.6 Å². The van der Waals surface area contributed by atoms with Gasteiger partial charge in [-0.25, -0.2) is 0 Å². The molecular formula is C12H15ClN2O. The lowest BCUT2D eigenvalue weighted by atomic mass is 9.96. The molecule has 0 radical (unpaired) electrons. The molecule has 0 amide bonds. The van der Waals surface area contributed by atoms with Gasteiger partial charge in [-0.1, -0.05) is 23.7 Å². The minimum absolute atomic E-state index is 0.0355. The fourth-order valence-electron chi connectivity index (χ4n) is 1.58. The molecule has 86 valence electrons. The summed E-state index contributed by atoms with van der Waals surface area (Å²) in [6.45, 7) is 0.543. The Morgan fingerprint density at radius 2 is 2.25 bits per heavy atom. The standard InChI is InChI=1S/C12H15ClN2O/c13-11-6-8(12(14)15)4-5-9(11)7-16-10-2-1-3-10/h4-6,10H,1-3,7H2,(H3,14,15). The average Bonchev–Trinajstić information content (AvgIpc) is 2.17. The fourth-order valence-corrected chi connectivity index (χ4v) is 1.81. The first-order chi connectivity index (χ1) is 7.66. The summed E-state index contributed by atoms with van der Waals surface area (Å²) in [4.78, 5) is 0. The minimum atomic E-state index is 0.0355. The molecule has 16 heavy (non-hydrogen) atoms. The number of nitrogen functional groups attached to an aromatic ring is 1. The van der Waals surface area contributed by atoms with Crippen molar-refractivity contribution in [1.29, 1.82) is 5.41 Å². The molecule has 0 bridgehead atoms. The van der Waals surface area contributed by atoms with Crippen LogP contribution in [0.25, 0.3) is 0 Å². The summed E-state index contributed by atoms with van der Waals surface area (Å²) in [6, 6.07) is 5.38. The number of hydrogen-bond donors (Lipinski definition) is 2. The number of rotatable bonds is 4. The Bertz CT molecular complexity index is 402. The van der Waals surface area contributed by atoms with Gasteiger partial charge in [0.1, 0.15) is 5.84 Å². The van der Waals surface area contributed by atoms with Gasteiger partial charge in [-0.05, 0) is 30.9 Å². The van der Waals surface area contributed by atoms with Crippen molar-refractivity contribution in [3.63, 3.8) is 0 Å². The highest BCUT2D eigenvalue weighted by Gasteiger charge is 2.18. The summed E-state index contributed by atoms with van der Waals surface area (Å²) in [5, 5.41) is 7.92. The van der Waals surface area contributed by atoms with E-state index in [9.17, 15) is 0 Å². The number of nitrogens with one attached hydrogen (secondary N) is 1. The lowest BCUT2D eigenvalue weighted by Gasteiger charge is -2.25. The summed E-state index contributed by atoms with van der Waals surface area (Å²) in [7, 11) is 0. The lowest BCUT2D eigenvalue weighted by molar-refractivity contribution is -0.00862. The van der Waals surface area contributed by atoms with E-state index >= 15 is 0 Å². The number of halogens is 1. The summed E-state index contributed by atoms with van der Waals surface area (Å²) in [6.07, 6.45) is 3.98. The van der Waals surface area contributed by atoms with Crippen molar-refractivity contribution >= 4 is 17.4 Å². The minimum Gasteiger partial charge on any atom is -0.384 e. The molecule has 0 spiro atoms. The Morgan fingerprint density at radius 1 is 1.50 bits per heavy atom. The van der Waals surface area contributed by atoms with Crippen LogP contribution in [0.1, 0.15) is 30.4 Å². The Kier molecular flexibility index (Phi) is 3.46. The predicted octanol–water partition coefficient (Wildman–Crippen LogP) is 2.69. The Labute approximate surface area is 100 Å². The van der Waals surface area contributed by atoms with Crippen LogP contribution in [0.4, 0.5) is 0 Å². The molecular weight excluding hydrogens is 224 g/mol. The predicted molar refractivity (Wildman–Crippen MR) is 64.9 cm³/mol. The highest BCUT2D eigenvalue weighted by molar-refractivity contribution is 6.31. The molecule has 0 heterocycles. The zero-order valence-corrected chi connectivity index (χ0v) is 9.76. The normalized spacial score (nSPS) is 15.8. The van der Waals surface area contributed by atoms with Crippen LogP contribution in [0.5, 0.6) is 0 Å². The van der Waals surface area contributed by atoms with E-state index in [4.69, 9.17) is 27.5 Å². The van der Waals surface area contributed by atoms with Crippen molar-refractivity contribution < 1.29 is 4.74 Å². The molecule has 0 atom stereocenters. The van der Waals surface area contributed by atoms with Crippen LogP contribution in [-0.4, -0.2) is 11.9 Å². The second-order valence-electron chi connectivity index (χ2n) is 4.08. The molecule has 0 unspecified atom stereocenters. The maximum absolute atomic E-state index is 7.30. The molecule has 1 aromatic carbocycles. The second-order valence-corrected chi connectivity index (χ2v) is 4.49. The number of benzene rings is 1. The highest BCUT2D eigenvalue weighted by Crippen LogP contribution is 2.25. The van der Waals surface area contributed by atoms with E-state index in [1.807, 2.05) is 6.07 Å². The second kappa shape index (κ2) is 4.85. The van der Waals surface area contributed by atoms with E-state index in [0.717, 1.165) is 18.4 Å². The van der Waals surface area contributed by atoms with Crippen LogP contribution in [-0.2, 0) is 11.3 Å². The van der Waals surface area contributed by atoms with Crippen molar-refractivity contribution in [3.8, 4) is 0 Å². The average molecular weight is 239 g/mol. The molecule has 4 heteroatoms. The zero-order chi connectivity index (χ0) is 11.5. The van der Waals surface area contributed by atoms with Crippen LogP contribution in [0.15, 0.2) is 18.2 Å². The summed E-state index contributed by atoms with van der Waals surface area (Å²) >= 11 is 6.09. The third-order valence-electron chi connectivity index (χ3n) is 2.89. The number of amidine groups is 1. The largest absolute Gasteiger partial charge is 0.384 e. The van der Waals surface area contributed by atoms with Crippen molar-refractivity contribution in [2.75, 3.05) is 0 Å². The van der Waals surface area contributed by atoms with Crippen molar-refractivity contribution in [2.45, 2.75) is 32.0 Å². The molecule has 1 fully saturated rings. The van der Waals surface area contributed by atoms with Crippen LogP contribution in [0.2, 0.25) is 5.02 Å². The fraction of sp³-hybridized carbons (Fsp3) is 0.417. The Hall–Kier alpha value is -1.06. The van der Waals surface area contributed by atoms with Gasteiger partial charge in [0, 0.05) is 10.6 Å². The van der Waals surface area contributed by atoms with E-state index in [-0.39, 0.29) is 5.84 Å². The van der Waals surface area contributed by atoms with Gasteiger partial charge < -0.3 is 10.5 Å². The first-order valence-corrected chi connectivity index (χ1v) is 5.79. The molecule has 1 aromatic rings. The molecule has 2 rings (SSSR count). The maximum Gasteiger partial charge on any atom is 0.122 e. The molecule has 1 aliphatic carbocycles. The van der Waals surface area contributed by atoms with Crippen LogP contribution in [0.3, 0.4) is 0 Å². The smallest absolute Gasteiger partial charge is 0.122 e. The van der Waals surface area contributed by atoms with E-state index < -0.39 is 0 Å². The number of hydrogen-bond acceptors (Lipinski definition) is 2. The maximum atomic E-state index is 7.30. The topological polar surface area (TPSA) is 59.1 Å². The molecule has 0 aromatic heterocycles. The highest BCUT2D eigenvalue weighted by atomic mass is 35.5. The monoisotopic (exact) mass is 238 g/mol. The third kappa shape index (κ3) is 2.54. The summed E-state index contributed by atoms with van der Waals surface area (Å²) in [5.41, 5.74) is 6.99. The molecule has 3 nitrogen and oxygen atoms in total. The van der Waals surface area contributed by atoms with Gasteiger partial charge in [0.05, 0.1) is 12.7 Å². The zero-order valence-electron chi connectivity index (χ0n) is 9.00. The van der Waals surface area contributed by atoms with Crippen molar-refractivity contribution in [3.05, 3.63) is 34.3 Å². The van der Waals surface area contributed by atoms with Gasteiger partial charge in [0.15, 0.2) is 0 Å². The van der Waals surface area contributed by atoms with Crippen molar-refractivity contribution in [1.82, 2.24) is 0 Å². The summed E-state index contributed by atoms with van der Waals surface area (Å²) in [5.74, 6) is 0.0355. The van der Waals surface area contributed by atoms with Gasteiger partial charge in [-0.2, -0.15) is 0 Å². The first kappa shape index (κ1) is 11.4. The van der Waals surface area contributed by atoms with E-state index in [1.165, 1.54) is 6.42 Å². The van der Waals surface area contributed by atoms with Gasteiger partial charge in [-0.3, -0.25) is 5.41 Å². The quantitative estimate of drug-likeness (QED) is 0.626. The molecule has 0 saturated heterocycles. The third-order valence-corrected chi connectivity index (χ3v) is 3.24. The van der Waals surface area contributed by atoms with Crippen molar-refractivity contribution in [2.24, 2.45) is 5.73 Å². The van der Waals surface area contributed by atoms with Gasteiger partial charge >= 0.3 is 0 Å². The Balaban J connectivity index is 2.00. The van der Waals surface area contributed by atoms with E-state index in [0.29, 0.717) is 23.3 Å². The van der Waals surface area contributed by atoms with Gasteiger partial charge in [-0.15, -0.1) is 0 Å². The van der Waals surface area contributed by atoms with Crippen LogP contribution < -0.4 is 5.73 Å². The lowest BCUT2D eigenvalue weighted by Crippen LogP contribution is -2.21. The van der Waals surface area contributed by atoms with E-state index in [1.54, 1.807) is 12.1 Å². The summed E-state index contributed by atoms with van der Waals surface area (Å²) < 4.78 is 5.68. The molecule has 1 saturated carbocycles. The molecule has 0 aliphatic heterocycles. The molecule has 3 N–H and O–H groups in total. The van der Waals surface area contributed by atoms with Crippen LogP contribution in [0, 0.1) is 5.41 Å². The number of nitrogens with two attached hydrogens (primary N) is 1.